The fourth-order valence-electron chi connectivity index (χ4n) is 7.17. The fraction of sp³-hybridized carbons (Fsp3) is 0.214. The van der Waals surface area contributed by atoms with Crippen LogP contribution in [0.4, 0.5) is 52.2 Å². The van der Waals surface area contributed by atoms with Crippen molar-refractivity contribution in [2.24, 2.45) is 14.1 Å². The third-order valence-electron chi connectivity index (χ3n) is 11.4. The van der Waals surface area contributed by atoms with E-state index in [0.717, 1.165) is 43.0 Å². The summed E-state index contributed by atoms with van der Waals surface area (Å²) in [5.41, 5.74) is 7.20. The van der Waals surface area contributed by atoms with Crippen molar-refractivity contribution >= 4 is 79.5 Å². The van der Waals surface area contributed by atoms with Gasteiger partial charge in [0.1, 0.15) is 59.1 Å². The molecule has 0 bridgehead atoms. The van der Waals surface area contributed by atoms with Crippen LogP contribution in [-0.2, 0) is 23.7 Å². The molecule has 4 aromatic heterocycles. The zero-order valence-corrected chi connectivity index (χ0v) is 46.9. The number of fused-ring (bicyclic) bond motifs is 2. The van der Waals surface area contributed by atoms with E-state index in [-0.39, 0.29) is 40.5 Å². The molecule has 0 aliphatic rings. The smallest absolute Gasteiger partial charge is 0.294 e. The summed E-state index contributed by atoms with van der Waals surface area (Å²) in [5, 5.41) is 9.18. The fourth-order valence-corrected chi connectivity index (χ4v) is 7.17. The summed E-state index contributed by atoms with van der Waals surface area (Å²) in [4.78, 5) is 68.8. The van der Waals surface area contributed by atoms with Gasteiger partial charge in [-0.25, -0.2) is 27.5 Å². The number of benzene rings is 4. The Morgan fingerprint density at radius 1 is 0.614 bits per heavy atom. The number of nitrogen functional groups attached to an aromatic ring is 1. The van der Waals surface area contributed by atoms with Crippen LogP contribution in [0.2, 0.25) is 0 Å². The highest BCUT2D eigenvalue weighted by molar-refractivity contribution is 6.66. The molecule has 5 N–H and O–H groups in total. The minimum absolute atomic E-state index is 0.117. The molecule has 0 unspecified atom stereocenters. The summed E-state index contributed by atoms with van der Waals surface area (Å²) in [6.07, 6.45) is 5.11. The quantitative estimate of drug-likeness (QED) is 0.0227. The Labute approximate surface area is 477 Å². The zero-order valence-electron chi connectivity index (χ0n) is 46.1. The lowest BCUT2D eigenvalue weighted by Crippen LogP contribution is -2.20. The van der Waals surface area contributed by atoms with Gasteiger partial charge < -0.3 is 59.9 Å². The number of aromatic nitrogens is 6. The number of halogens is 5. The SMILES string of the molecule is C=CC(=O)Cl.C=CC(=O)Nc1cc(Nc2ncc3cc(Oc4ccc(F)cc4F)c(=O)n(C)c3n2)c(OC)cc1OCCN(C)C.COc1cc(OCCN(C)C)c(N)cc1Nc1ncc2cc(Oc3ccc(F)cc3F)c(=O)n(C)c2n1. The molecule has 83 heavy (non-hydrogen) atoms. The van der Waals surface area contributed by atoms with Gasteiger partial charge in [0, 0.05) is 74.6 Å². The number of allylic oxidation sites excluding steroid dienone is 1. The minimum atomic E-state index is -0.949. The molecule has 0 spiro atoms. The average molecular weight is 1170 g/mol. The predicted octanol–water partition coefficient (Wildman–Crippen LogP) is 8.83. The standard InChI is InChI=1S/C28H28F2N6O5.C25H26F2N6O4.C3H3ClO/c1-6-25(37)32-20-13-19(22(39-5)14-23(20)40-10-9-35(2)3)33-28-31-15-16-11-24(27(38)36(4)26(16)34-28)41-21-8-7-17(29)12-18(21)30;1-32(2)7-8-36-20-12-21(35-4)18(11-17(20)28)30-25-29-13-14-9-22(24(34)33(3)23(14)31-25)37-19-6-5-15(26)10-16(19)27;1-2-3(4)5/h6-8,11-15H,1,9-10H2,2-5H3,(H,32,37)(H,31,33,34);5-6,9-13H,7-8,28H2,1-4H3,(H,29,30,31);2H,1H2. The predicted molar refractivity (Wildman–Crippen MR) is 307 cm³/mol. The van der Waals surface area contributed by atoms with Crippen molar-refractivity contribution in [2.45, 2.75) is 0 Å². The van der Waals surface area contributed by atoms with E-state index in [1.54, 1.807) is 24.3 Å². The number of nitrogens with zero attached hydrogens (tertiary/aromatic N) is 8. The van der Waals surface area contributed by atoms with E-state index in [1.165, 1.54) is 62.0 Å². The highest BCUT2D eigenvalue weighted by Crippen LogP contribution is 2.39. The number of rotatable bonds is 21. The van der Waals surface area contributed by atoms with Crippen LogP contribution in [0.5, 0.6) is 46.0 Å². The first-order chi connectivity index (χ1) is 39.5. The van der Waals surface area contributed by atoms with E-state index in [4.69, 9.17) is 45.8 Å². The topological polar surface area (TPSA) is 254 Å². The number of amides is 1. The van der Waals surface area contributed by atoms with Gasteiger partial charge in [-0.1, -0.05) is 13.2 Å². The number of anilines is 6. The number of hydrogen-bond acceptors (Lipinski definition) is 19. The Bertz CT molecular complexity index is 3830. The Morgan fingerprint density at radius 2 is 1.05 bits per heavy atom. The van der Waals surface area contributed by atoms with Gasteiger partial charge in [-0.2, -0.15) is 9.97 Å². The number of aryl methyl sites for hydroxylation is 2. The number of carbonyl (C=O) groups is 2. The molecule has 0 saturated carbocycles. The molecule has 0 aliphatic carbocycles. The lowest BCUT2D eigenvalue weighted by atomic mass is 10.2. The Kier molecular flexibility index (Phi) is 21.5. The third kappa shape index (κ3) is 16.7. The summed E-state index contributed by atoms with van der Waals surface area (Å²) in [7, 11) is 13.7. The first-order valence-corrected chi connectivity index (χ1v) is 24.9. The number of ether oxygens (including phenoxy) is 6. The first-order valence-electron chi connectivity index (χ1n) is 24.6. The molecule has 0 fully saturated rings. The van der Waals surface area contributed by atoms with Crippen LogP contribution in [0.1, 0.15) is 0 Å². The Morgan fingerprint density at radius 3 is 1.46 bits per heavy atom. The normalized spacial score (nSPS) is 10.7. The van der Waals surface area contributed by atoms with Crippen LogP contribution in [0, 0.1) is 23.3 Å². The molecule has 0 radical (unpaired) electrons. The van der Waals surface area contributed by atoms with Crippen LogP contribution in [0.25, 0.3) is 22.1 Å². The van der Waals surface area contributed by atoms with E-state index < -0.39 is 45.5 Å². The van der Waals surface area contributed by atoms with Gasteiger partial charge in [-0.05, 0) is 100 Å². The molecule has 22 nitrogen and oxygen atoms in total. The number of nitrogens with one attached hydrogen (secondary N) is 3. The van der Waals surface area contributed by atoms with Crippen molar-refractivity contribution < 1.29 is 55.6 Å². The van der Waals surface area contributed by atoms with Gasteiger partial charge in [-0.3, -0.25) is 28.3 Å². The monoisotopic (exact) mass is 1170 g/mol. The molecule has 0 aliphatic heterocycles. The van der Waals surface area contributed by atoms with Crippen LogP contribution >= 0.6 is 11.6 Å². The lowest BCUT2D eigenvalue weighted by molar-refractivity contribution is -0.112. The van der Waals surface area contributed by atoms with Gasteiger partial charge in [0.05, 0.1) is 37.0 Å². The summed E-state index contributed by atoms with van der Waals surface area (Å²) in [6.45, 7) is 8.75. The van der Waals surface area contributed by atoms with Crippen molar-refractivity contribution in [3.63, 3.8) is 0 Å². The maximum atomic E-state index is 14.1. The van der Waals surface area contributed by atoms with E-state index in [0.29, 0.717) is 94.1 Å². The minimum Gasteiger partial charge on any atom is -0.494 e. The largest absolute Gasteiger partial charge is 0.494 e. The number of methoxy groups -OCH3 is 2. The molecular formula is C56H57ClF4N12O10. The Hall–Kier alpha value is -9.79. The van der Waals surface area contributed by atoms with Crippen molar-refractivity contribution in [1.82, 2.24) is 38.9 Å². The van der Waals surface area contributed by atoms with Crippen LogP contribution in [0.15, 0.2) is 120 Å². The maximum absolute atomic E-state index is 14.1. The van der Waals surface area contributed by atoms with Gasteiger partial charge >= 0.3 is 0 Å². The van der Waals surface area contributed by atoms with Crippen LogP contribution in [-0.4, -0.2) is 119 Å². The van der Waals surface area contributed by atoms with Crippen molar-refractivity contribution in [1.29, 1.82) is 0 Å². The van der Waals surface area contributed by atoms with Gasteiger partial charge in [0.15, 0.2) is 34.6 Å². The molecule has 0 atom stereocenters. The average Bonchev–Trinajstić information content (AvgIpc) is 3.18. The number of nitrogens with two attached hydrogens (primary N) is 1. The number of carbonyl (C=O) groups excluding carboxylic acids is 2. The molecular weight excluding hydrogens is 1110 g/mol. The molecule has 1 amide bonds. The number of hydrogen-bond donors (Lipinski definition) is 4. The summed E-state index contributed by atoms with van der Waals surface area (Å²) < 4.78 is 90.5. The zero-order chi connectivity index (χ0) is 60.7. The van der Waals surface area contributed by atoms with Crippen LogP contribution < -0.4 is 61.2 Å². The van der Waals surface area contributed by atoms with Crippen molar-refractivity contribution in [2.75, 3.05) is 90.4 Å². The van der Waals surface area contributed by atoms with E-state index in [9.17, 15) is 36.7 Å². The second-order valence-corrected chi connectivity index (χ2v) is 18.3. The first kappa shape index (κ1) is 62.4. The molecule has 436 valence electrons. The highest BCUT2D eigenvalue weighted by Gasteiger charge is 2.20. The molecule has 27 heteroatoms. The summed E-state index contributed by atoms with van der Waals surface area (Å²) in [6, 6.07) is 14.9. The van der Waals surface area contributed by atoms with Gasteiger partial charge in [0.25, 0.3) is 11.1 Å². The number of pyridine rings is 2. The molecule has 8 rings (SSSR count). The summed E-state index contributed by atoms with van der Waals surface area (Å²) >= 11 is 4.71. The highest BCUT2D eigenvalue weighted by atomic mass is 35.5. The molecule has 4 heterocycles. The van der Waals surface area contributed by atoms with E-state index >= 15 is 0 Å². The second kappa shape index (κ2) is 28.6. The Balaban J connectivity index is 0.000000247. The van der Waals surface area contributed by atoms with Crippen LogP contribution in [0.3, 0.4) is 0 Å². The van der Waals surface area contributed by atoms with Gasteiger partial charge in [0.2, 0.25) is 23.0 Å². The van der Waals surface area contributed by atoms with Gasteiger partial charge in [-0.15, -0.1) is 0 Å². The second-order valence-electron chi connectivity index (χ2n) is 17.9. The maximum Gasteiger partial charge on any atom is 0.294 e. The molecule has 0 saturated heterocycles. The van der Waals surface area contributed by atoms with E-state index in [1.807, 2.05) is 38.0 Å². The third-order valence-corrected chi connectivity index (χ3v) is 11.5. The lowest BCUT2D eigenvalue weighted by Gasteiger charge is -2.18. The summed E-state index contributed by atoms with van der Waals surface area (Å²) in [5.74, 6) is -2.78. The molecule has 4 aromatic carbocycles. The van der Waals surface area contributed by atoms with Crippen molar-refractivity contribution in [3.8, 4) is 46.0 Å². The van der Waals surface area contributed by atoms with Crippen molar-refractivity contribution in [3.05, 3.63) is 154 Å². The van der Waals surface area contributed by atoms with E-state index in [2.05, 4.69) is 49.0 Å². The number of likely N-dealkylation sites (N-methyl/N-ethyl adjacent to an activating group) is 2. The molecule has 8 aromatic rings.